The van der Waals surface area contributed by atoms with Gasteiger partial charge in [-0.1, -0.05) is 17.3 Å². The second kappa shape index (κ2) is 6.20. The van der Waals surface area contributed by atoms with Crippen LogP contribution in [-0.2, 0) is 0 Å². The number of aryl methyl sites for hydroxylation is 2. The molecular weight excluding hydrogens is 316 g/mol. The van der Waals surface area contributed by atoms with Gasteiger partial charge in [-0.15, -0.1) is 0 Å². The van der Waals surface area contributed by atoms with E-state index in [0.717, 1.165) is 39.5 Å². The molecule has 0 radical (unpaired) electrons. The van der Waals surface area contributed by atoms with Gasteiger partial charge in [-0.2, -0.15) is 5.10 Å². The molecule has 0 saturated heterocycles. The van der Waals surface area contributed by atoms with Crippen LogP contribution in [0.15, 0.2) is 53.4 Å². The molecule has 0 unspecified atom stereocenters. The number of hydrogen-bond donors (Lipinski definition) is 2. The van der Waals surface area contributed by atoms with Crippen molar-refractivity contribution in [2.24, 2.45) is 0 Å². The molecule has 0 aliphatic heterocycles. The first-order chi connectivity index (χ1) is 12.2. The Kier molecular flexibility index (Phi) is 3.74. The van der Waals surface area contributed by atoms with Gasteiger partial charge in [-0.3, -0.25) is 5.10 Å². The Bertz CT molecular complexity index is 987. The van der Waals surface area contributed by atoms with Crippen molar-refractivity contribution in [3.8, 4) is 22.4 Å². The van der Waals surface area contributed by atoms with Gasteiger partial charge in [0, 0.05) is 29.2 Å². The monoisotopic (exact) mass is 332 g/mol. The van der Waals surface area contributed by atoms with Crippen molar-refractivity contribution in [2.75, 3.05) is 5.32 Å². The fourth-order valence-corrected chi connectivity index (χ4v) is 2.75. The number of aromatic nitrogens is 5. The summed E-state index contributed by atoms with van der Waals surface area (Å²) in [5, 5.41) is 14.0. The molecule has 1 aromatic carbocycles. The third-order valence-corrected chi connectivity index (χ3v) is 3.89. The highest BCUT2D eigenvalue weighted by Gasteiger charge is 2.12. The predicted molar refractivity (Wildman–Crippen MR) is 94.3 cm³/mol. The second-order valence-corrected chi connectivity index (χ2v) is 5.66. The zero-order valence-corrected chi connectivity index (χ0v) is 13.8. The fourth-order valence-electron chi connectivity index (χ4n) is 2.75. The van der Waals surface area contributed by atoms with E-state index in [-0.39, 0.29) is 0 Å². The van der Waals surface area contributed by atoms with Crippen LogP contribution in [0, 0.1) is 13.8 Å². The maximum atomic E-state index is 5.26. The van der Waals surface area contributed by atoms with Gasteiger partial charge in [0.2, 0.25) is 5.95 Å². The number of rotatable bonds is 4. The Balaban J connectivity index is 1.64. The van der Waals surface area contributed by atoms with Crippen molar-refractivity contribution in [3.05, 3.63) is 60.4 Å². The van der Waals surface area contributed by atoms with E-state index < -0.39 is 0 Å². The first-order valence-corrected chi connectivity index (χ1v) is 7.83. The summed E-state index contributed by atoms with van der Waals surface area (Å²) in [5.74, 6) is 1.32. The Labute approximate surface area is 144 Å². The van der Waals surface area contributed by atoms with Crippen molar-refractivity contribution >= 4 is 11.6 Å². The molecule has 7 nitrogen and oxygen atoms in total. The predicted octanol–water partition coefficient (Wildman–Crippen LogP) is 3.88. The summed E-state index contributed by atoms with van der Waals surface area (Å²) in [4.78, 5) is 8.81. The van der Waals surface area contributed by atoms with Gasteiger partial charge in [0.15, 0.2) is 0 Å². The summed E-state index contributed by atoms with van der Waals surface area (Å²) in [7, 11) is 0. The number of aromatic amines is 1. The minimum Gasteiger partial charge on any atom is -0.361 e. The van der Waals surface area contributed by atoms with Crippen LogP contribution in [0.5, 0.6) is 0 Å². The Hall–Kier alpha value is -3.48. The van der Waals surface area contributed by atoms with Crippen LogP contribution in [0.3, 0.4) is 0 Å². The first kappa shape index (κ1) is 15.1. The summed E-state index contributed by atoms with van der Waals surface area (Å²) in [6.45, 7) is 3.84. The lowest BCUT2D eigenvalue weighted by Crippen LogP contribution is -1.98. The molecule has 0 fully saturated rings. The van der Waals surface area contributed by atoms with E-state index in [2.05, 4.69) is 30.6 Å². The number of anilines is 2. The quantitative estimate of drug-likeness (QED) is 0.589. The summed E-state index contributed by atoms with van der Waals surface area (Å²) in [5.41, 5.74) is 5.52. The fraction of sp³-hybridized carbons (Fsp3) is 0.111. The third kappa shape index (κ3) is 2.99. The van der Waals surface area contributed by atoms with Crippen LogP contribution in [0.4, 0.5) is 11.6 Å². The minimum atomic E-state index is 0.523. The molecule has 0 saturated carbocycles. The van der Waals surface area contributed by atoms with E-state index in [1.807, 2.05) is 44.2 Å². The minimum absolute atomic E-state index is 0.523. The Morgan fingerprint density at radius 1 is 1.12 bits per heavy atom. The summed E-state index contributed by atoms with van der Waals surface area (Å²) in [6.07, 6.45) is 5.24. The number of H-pyrrole nitrogens is 1. The molecule has 0 bridgehead atoms. The van der Waals surface area contributed by atoms with Crippen molar-refractivity contribution in [1.29, 1.82) is 0 Å². The van der Waals surface area contributed by atoms with Gasteiger partial charge in [0.25, 0.3) is 0 Å². The summed E-state index contributed by atoms with van der Waals surface area (Å²) < 4.78 is 5.26. The molecule has 4 rings (SSSR count). The van der Waals surface area contributed by atoms with Gasteiger partial charge in [0.05, 0.1) is 17.6 Å². The van der Waals surface area contributed by atoms with Gasteiger partial charge in [-0.05, 0) is 37.6 Å². The molecule has 7 heteroatoms. The standard InChI is InChI=1S/C18H16N6O/c1-11-17(12(2)25-24-11)13-4-3-5-15(8-13)22-18-19-7-6-16(23-18)14-9-20-21-10-14/h3-10H,1-2H3,(H,20,21)(H,19,22,23). The van der Waals surface area contributed by atoms with E-state index in [1.165, 1.54) is 0 Å². The zero-order chi connectivity index (χ0) is 17.2. The number of nitrogens with one attached hydrogen (secondary N) is 2. The van der Waals surface area contributed by atoms with Crippen LogP contribution < -0.4 is 5.32 Å². The number of hydrogen-bond acceptors (Lipinski definition) is 6. The molecule has 25 heavy (non-hydrogen) atoms. The van der Waals surface area contributed by atoms with E-state index >= 15 is 0 Å². The largest absolute Gasteiger partial charge is 0.361 e. The molecule has 0 spiro atoms. The topological polar surface area (TPSA) is 92.5 Å². The van der Waals surface area contributed by atoms with Gasteiger partial charge >= 0.3 is 0 Å². The average Bonchev–Trinajstić information content (AvgIpc) is 3.26. The lowest BCUT2D eigenvalue weighted by molar-refractivity contribution is 0.393. The van der Waals surface area contributed by atoms with E-state index in [1.54, 1.807) is 18.6 Å². The van der Waals surface area contributed by atoms with Crippen LogP contribution in [0.25, 0.3) is 22.4 Å². The first-order valence-electron chi connectivity index (χ1n) is 7.83. The SMILES string of the molecule is Cc1noc(C)c1-c1cccc(Nc2nccc(-c3cn[nH]c3)n2)c1. The Morgan fingerprint density at radius 2 is 2.04 bits per heavy atom. The molecule has 4 aromatic rings. The van der Waals surface area contributed by atoms with Crippen LogP contribution >= 0.6 is 0 Å². The van der Waals surface area contributed by atoms with E-state index in [4.69, 9.17) is 4.52 Å². The molecule has 0 aliphatic rings. The normalized spacial score (nSPS) is 10.8. The third-order valence-electron chi connectivity index (χ3n) is 3.89. The van der Waals surface area contributed by atoms with Gasteiger partial charge in [-0.25, -0.2) is 9.97 Å². The smallest absolute Gasteiger partial charge is 0.227 e. The van der Waals surface area contributed by atoms with Gasteiger partial charge in [0.1, 0.15) is 5.76 Å². The molecule has 3 aromatic heterocycles. The van der Waals surface area contributed by atoms with E-state index in [0.29, 0.717) is 5.95 Å². The summed E-state index contributed by atoms with van der Waals surface area (Å²) >= 11 is 0. The van der Waals surface area contributed by atoms with Crippen molar-refractivity contribution < 1.29 is 4.52 Å². The average molecular weight is 332 g/mol. The van der Waals surface area contributed by atoms with Crippen molar-refractivity contribution in [1.82, 2.24) is 25.3 Å². The molecule has 0 aliphatic carbocycles. The Morgan fingerprint density at radius 3 is 2.80 bits per heavy atom. The van der Waals surface area contributed by atoms with Crippen molar-refractivity contribution in [2.45, 2.75) is 13.8 Å². The maximum absolute atomic E-state index is 5.26. The molecule has 3 heterocycles. The lowest BCUT2D eigenvalue weighted by Gasteiger charge is -2.08. The molecule has 124 valence electrons. The number of benzene rings is 1. The highest BCUT2D eigenvalue weighted by atomic mass is 16.5. The highest BCUT2D eigenvalue weighted by Crippen LogP contribution is 2.29. The molecule has 0 atom stereocenters. The van der Waals surface area contributed by atoms with Crippen LogP contribution in [-0.4, -0.2) is 25.3 Å². The highest BCUT2D eigenvalue weighted by molar-refractivity contribution is 5.72. The van der Waals surface area contributed by atoms with Gasteiger partial charge < -0.3 is 9.84 Å². The maximum Gasteiger partial charge on any atom is 0.227 e. The molecule has 2 N–H and O–H groups in total. The molecule has 0 amide bonds. The number of nitrogens with zero attached hydrogens (tertiary/aromatic N) is 4. The molecular formula is C18H16N6O. The van der Waals surface area contributed by atoms with E-state index in [9.17, 15) is 0 Å². The van der Waals surface area contributed by atoms with Crippen LogP contribution in [0.2, 0.25) is 0 Å². The lowest BCUT2D eigenvalue weighted by atomic mass is 10.0. The second-order valence-electron chi connectivity index (χ2n) is 5.66. The summed E-state index contributed by atoms with van der Waals surface area (Å²) in [6, 6.07) is 9.84. The zero-order valence-electron chi connectivity index (χ0n) is 13.8. The van der Waals surface area contributed by atoms with Crippen LogP contribution in [0.1, 0.15) is 11.5 Å². The van der Waals surface area contributed by atoms with Crippen molar-refractivity contribution in [3.63, 3.8) is 0 Å².